The van der Waals surface area contributed by atoms with Crippen LogP contribution >= 0.6 is 11.6 Å². The number of hydrogen-bond acceptors (Lipinski definition) is 6. The zero-order chi connectivity index (χ0) is 24.0. The number of nitrogens with one attached hydrogen (secondary N) is 2. The second-order valence-electron chi connectivity index (χ2n) is 7.27. The van der Waals surface area contributed by atoms with Crippen molar-refractivity contribution in [3.05, 3.63) is 65.4 Å². The number of carbonyl (C=O) groups is 2. The van der Waals surface area contributed by atoms with Gasteiger partial charge in [-0.3, -0.25) is 19.0 Å². The van der Waals surface area contributed by atoms with Crippen LogP contribution in [0.15, 0.2) is 54.9 Å². The molecule has 3 aromatic rings. The third-order valence-corrected chi connectivity index (χ3v) is 6.30. The molecule has 2 aromatic carbocycles. The summed E-state index contributed by atoms with van der Waals surface area (Å²) in [7, 11) is -0.884. The van der Waals surface area contributed by atoms with Gasteiger partial charge < -0.3 is 10.1 Å². The van der Waals surface area contributed by atoms with Gasteiger partial charge in [-0.05, 0) is 35.4 Å². The van der Waals surface area contributed by atoms with Gasteiger partial charge in [-0.15, -0.1) is 0 Å². The summed E-state index contributed by atoms with van der Waals surface area (Å²) < 4.78 is 33.5. The van der Waals surface area contributed by atoms with E-state index in [0.717, 1.165) is 5.56 Å². The zero-order valence-corrected chi connectivity index (χ0v) is 19.6. The van der Waals surface area contributed by atoms with Gasteiger partial charge in [0.05, 0.1) is 37.6 Å². The predicted molar refractivity (Wildman–Crippen MR) is 126 cm³/mol. The van der Waals surface area contributed by atoms with Crippen LogP contribution in [-0.4, -0.2) is 42.9 Å². The number of esters is 1. The summed E-state index contributed by atoms with van der Waals surface area (Å²) in [5.74, 6) is -1.38. The maximum absolute atomic E-state index is 12.6. The number of anilines is 2. The molecule has 0 aliphatic carbocycles. The fourth-order valence-corrected chi connectivity index (χ4v) is 4.28. The number of sulfonamides is 1. The highest BCUT2D eigenvalue weighted by atomic mass is 35.5. The van der Waals surface area contributed by atoms with Crippen LogP contribution in [0.25, 0.3) is 11.1 Å². The molecule has 3 rings (SSSR count). The maximum Gasteiger partial charge on any atom is 0.306 e. The number of ether oxygens (including phenoxy) is 1. The van der Waals surface area contributed by atoms with Gasteiger partial charge in [-0.2, -0.15) is 5.10 Å². The van der Waals surface area contributed by atoms with Crippen molar-refractivity contribution in [2.75, 3.05) is 22.9 Å². The van der Waals surface area contributed by atoms with Crippen molar-refractivity contribution in [2.45, 2.75) is 12.8 Å². The van der Waals surface area contributed by atoms with Gasteiger partial charge in [-0.1, -0.05) is 29.8 Å². The van der Waals surface area contributed by atoms with Crippen molar-refractivity contribution in [3.8, 4) is 11.1 Å². The molecule has 9 nitrogen and oxygen atoms in total. The molecule has 0 saturated carbocycles. The van der Waals surface area contributed by atoms with Crippen LogP contribution in [-0.2, 0) is 37.8 Å². The van der Waals surface area contributed by atoms with E-state index < -0.39 is 21.7 Å². The van der Waals surface area contributed by atoms with E-state index in [2.05, 4.69) is 19.9 Å². The Bertz CT molecular complexity index is 1270. The first kappa shape index (κ1) is 24.3. The largest absolute Gasteiger partial charge is 0.469 e. The number of aryl methyl sites for hydroxylation is 1. The van der Waals surface area contributed by atoms with E-state index in [1.54, 1.807) is 60.5 Å². The summed E-state index contributed by atoms with van der Waals surface area (Å²) in [6.45, 7) is 0. The molecule has 1 aromatic heterocycles. The van der Waals surface area contributed by atoms with Gasteiger partial charge in [0, 0.05) is 29.5 Å². The SMILES string of the molecule is COC(=O)CCS(=O)(=O)Nc1cc(NC(=O)Cc2ccccc2Cl)cc(-c2cnn(C)c2)c1. The van der Waals surface area contributed by atoms with E-state index in [-0.39, 0.29) is 24.4 Å². The second-order valence-corrected chi connectivity index (χ2v) is 9.51. The molecule has 33 heavy (non-hydrogen) atoms. The summed E-state index contributed by atoms with van der Waals surface area (Å²) in [6.07, 6.45) is 3.16. The number of methoxy groups -OCH3 is 1. The minimum atomic E-state index is -3.83. The minimum Gasteiger partial charge on any atom is -0.469 e. The lowest BCUT2D eigenvalue weighted by Gasteiger charge is -2.13. The Hall–Kier alpha value is -3.37. The molecule has 0 bridgehead atoms. The van der Waals surface area contributed by atoms with Gasteiger partial charge in [0.15, 0.2) is 0 Å². The van der Waals surface area contributed by atoms with Crippen molar-refractivity contribution in [2.24, 2.45) is 7.05 Å². The highest BCUT2D eigenvalue weighted by Gasteiger charge is 2.16. The number of halogens is 1. The first-order chi connectivity index (χ1) is 15.6. The Morgan fingerprint density at radius 2 is 1.85 bits per heavy atom. The Balaban J connectivity index is 1.85. The average molecular weight is 491 g/mol. The molecule has 0 spiro atoms. The first-order valence-electron chi connectivity index (χ1n) is 9.90. The standard InChI is InChI=1S/C22H23ClN4O5S/c1-27-14-17(13-24-27)16-9-18(25-21(28)11-15-5-3-4-6-20(15)23)12-19(10-16)26-33(30,31)8-7-22(29)32-2/h3-6,9-10,12-14,26H,7-8,11H2,1-2H3,(H,25,28). The van der Waals surface area contributed by atoms with E-state index in [1.165, 1.54) is 13.2 Å². The number of carbonyl (C=O) groups excluding carboxylic acids is 2. The summed E-state index contributed by atoms with van der Waals surface area (Å²) in [6, 6.07) is 11.9. The third-order valence-electron chi connectivity index (χ3n) is 4.64. The molecule has 1 heterocycles. The van der Waals surface area contributed by atoms with Crippen molar-refractivity contribution in [1.29, 1.82) is 0 Å². The summed E-state index contributed by atoms with van der Waals surface area (Å²) in [4.78, 5) is 23.9. The van der Waals surface area contributed by atoms with Gasteiger partial charge >= 0.3 is 5.97 Å². The Morgan fingerprint density at radius 3 is 2.52 bits per heavy atom. The lowest BCUT2D eigenvalue weighted by Crippen LogP contribution is -2.20. The number of hydrogen-bond donors (Lipinski definition) is 2. The first-order valence-corrected chi connectivity index (χ1v) is 11.9. The fraction of sp³-hybridized carbons (Fsp3) is 0.227. The van der Waals surface area contributed by atoms with E-state index in [0.29, 0.717) is 21.8 Å². The highest BCUT2D eigenvalue weighted by Crippen LogP contribution is 2.28. The van der Waals surface area contributed by atoms with E-state index in [1.807, 2.05) is 0 Å². The van der Waals surface area contributed by atoms with Crippen LogP contribution in [0.1, 0.15) is 12.0 Å². The van der Waals surface area contributed by atoms with Crippen molar-refractivity contribution in [1.82, 2.24) is 9.78 Å². The molecule has 0 fully saturated rings. The minimum absolute atomic E-state index is 0.0526. The van der Waals surface area contributed by atoms with Crippen LogP contribution in [0.3, 0.4) is 0 Å². The molecule has 0 aliphatic rings. The van der Waals surface area contributed by atoms with Gasteiger partial charge in [0.25, 0.3) is 0 Å². The molecule has 11 heteroatoms. The van der Waals surface area contributed by atoms with Crippen molar-refractivity contribution >= 4 is 44.9 Å². The second kappa shape index (κ2) is 10.5. The van der Waals surface area contributed by atoms with Gasteiger partial charge in [0.2, 0.25) is 15.9 Å². The van der Waals surface area contributed by atoms with Crippen molar-refractivity contribution < 1.29 is 22.7 Å². The average Bonchev–Trinajstić information content (AvgIpc) is 3.19. The zero-order valence-electron chi connectivity index (χ0n) is 18.0. The number of nitrogens with zero attached hydrogens (tertiary/aromatic N) is 2. The number of amides is 1. The lowest BCUT2D eigenvalue weighted by atomic mass is 10.1. The number of rotatable bonds is 9. The molecule has 0 radical (unpaired) electrons. The van der Waals surface area contributed by atoms with Crippen LogP contribution < -0.4 is 10.0 Å². The van der Waals surface area contributed by atoms with E-state index in [4.69, 9.17) is 11.6 Å². The molecule has 2 N–H and O–H groups in total. The molecule has 0 aliphatic heterocycles. The molecule has 0 saturated heterocycles. The molecular weight excluding hydrogens is 468 g/mol. The molecule has 0 atom stereocenters. The normalized spacial score (nSPS) is 11.1. The summed E-state index contributed by atoms with van der Waals surface area (Å²) in [5, 5.41) is 7.40. The maximum atomic E-state index is 12.6. The van der Waals surface area contributed by atoms with E-state index >= 15 is 0 Å². The fourth-order valence-electron chi connectivity index (χ4n) is 3.07. The molecular formula is C22H23ClN4O5S. The van der Waals surface area contributed by atoms with Crippen LogP contribution in [0.5, 0.6) is 0 Å². The summed E-state index contributed by atoms with van der Waals surface area (Å²) >= 11 is 6.14. The van der Waals surface area contributed by atoms with Crippen LogP contribution in [0, 0.1) is 0 Å². The molecule has 1 amide bonds. The number of aromatic nitrogens is 2. The molecule has 174 valence electrons. The van der Waals surface area contributed by atoms with Gasteiger partial charge in [0.1, 0.15) is 0 Å². The Kier molecular flexibility index (Phi) is 7.72. The van der Waals surface area contributed by atoms with E-state index in [9.17, 15) is 18.0 Å². The van der Waals surface area contributed by atoms with Crippen LogP contribution in [0.4, 0.5) is 11.4 Å². The smallest absolute Gasteiger partial charge is 0.306 e. The molecule has 0 unspecified atom stereocenters. The van der Waals surface area contributed by atoms with Crippen LogP contribution in [0.2, 0.25) is 5.02 Å². The lowest BCUT2D eigenvalue weighted by molar-refractivity contribution is -0.140. The Labute approximate surface area is 196 Å². The Morgan fingerprint density at radius 1 is 1.12 bits per heavy atom. The third kappa shape index (κ3) is 7.06. The highest BCUT2D eigenvalue weighted by molar-refractivity contribution is 7.92. The topological polar surface area (TPSA) is 119 Å². The quantitative estimate of drug-likeness (QED) is 0.444. The summed E-state index contributed by atoms with van der Waals surface area (Å²) in [5.41, 5.74) is 2.66. The predicted octanol–water partition coefficient (Wildman–Crippen LogP) is 3.23. The van der Waals surface area contributed by atoms with Gasteiger partial charge in [-0.25, -0.2) is 8.42 Å². The number of benzene rings is 2. The van der Waals surface area contributed by atoms with Crippen molar-refractivity contribution in [3.63, 3.8) is 0 Å². The monoisotopic (exact) mass is 490 g/mol.